The summed E-state index contributed by atoms with van der Waals surface area (Å²) in [6.45, 7) is 4.74. The summed E-state index contributed by atoms with van der Waals surface area (Å²) in [6, 6.07) is 23.0. The van der Waals surface area contributed by atoms with Crippen molar-refractivity contribution >= 4 is 17.5 Å². The lowest BCUT2D eigenvalue weighted by Gasteiger charge is -2.36. The Labute approximate surface area is 160 Å². The molecule has 138 valence electrons. The topological polar surface area (TPSA) is 35.5 Å². The highest BCUT2D eigenvalue weighted by atomic mass is 15.3. The summed E-state index contributed by atoms with van der Waals surface area (Å²) in [7, 11) is 2.04. The van der Waals surface area contributed by atoms with Gasteiger partial charge < -0.3 is 14.7 Å². The Morgan fingerprint density at radius 2 is 1.44 bits per heavy atom. The number of anilines is 3. The Bertz CT molecular complexity index is 845. The van der Waals surface area contributed by atoms with E-state index in [1.54, 1.807) is 0 Å². The van der Waals surface area contributed by atoms with Gasteiger partial charge in [-0.1, -0.05) is 48.5 Å². The predicted octanol–water partition coefficient (Wildman–Crippen LogP) is 3.44. The van der Waals surface area contributed by atoms with E-state index in [2.05, 4.69) is 74.3 Å². The fourth-order valence-electron chi connectivity index (χ4n) is 3.46. The molecule has 0 atom stereocenters. The first kappa shape index (κ1) is 17.3. The molecule has 4 rings (SSSR count). The molecule has 2 heterocycles. The van der Waals surface area contributed by atoms with E-state index in [-0.39, 0.29) is 0 Å². The number of piperazine rings is 1. The van der Waals surface area contributed by atoms with E-state index in [0.29, 0.717) is 0 Å². The highest BCUT2D eigenvalue weighted by Gasteiger charge is 2.19. The average molecular weight is 359 g/mol. The lowest BCUT2D eigenvalue weighted by atomic mass is 10.2. The lowest BCUT2D eigenvalue weighted by molar-refractivity contribution is 0.646. The molecule has 1 fully saturated rings. The van der Waals surface area contributed by atoms with Gasteiger partial charge in [-0.3, -0.25) is 0 Å². The molecule has 0 radical (unpaired) electrons. The van der Waals surface area contributed by atoms with Crippen molar-refractivity contribution in [2.75, 3.05) is 47.9 Å². The Kier molecular flexibility index (Phi) is 5.19. The molecule has 0 aliphatic carbocycles. The second-order valence-corrected chi connectivity index (χ2v) is 6.87. The van der Waals surface area contributed by atoms with Crippen molar-refractivity contribution in [2.45, 2.75) is 6.54 Å². The van der Waals surface area contributed by atoms with Crippen LogP contribution in [0.1, 0.15) is 5.56 Å². The molecule has 1 aliphatic heterocycles. The summed E-state index contributed by atoms with van der Waals surface area (Å²) in [5.74, 6) is 1.77. The van der Waals surface area contributed by atoms with Gasteiger partial charge in [-0.15, -0.1) is 0 Å². The van der Waals surface area contributed by atoms with Gasteiger partial charge in [0.05, 0.1) is 0 Å². The second kappa shape index (κ2) is 8.08. The largest absolute Gasteiger partial charge is 0.368 e. The van der Waals surface area contributed by atoms with E-state index < -0.39 is 0 Å². The zero-order valence-corrected chi connectivity index (χ0v) is 15.7. The molecule has 0 amide bonds. The van der Waals surface area contributed by atoms with E-state index in [1.807, 2.05) is 25.4 Å². The molecule has 0 saturated carbocycles. The van der Waals surface area contributed by atoms with Gasteiger partial charge in [0.25, 0.3) is 0 Å². The van der Waals surface area contributed by atoms with Crippen LogP contribution in [0.15, 0.2) is 72.9 Å². The van der Waals surface area contributed by atoms with Crippen LogP contribution < -0.4 is 14.7 Å². The van der Waals surface area contributed by atoms with Crippen LogP contribution in [0, 0.1) is 0 Å². The van der Waals surface area contributed by atoms with Crippen molar-refractivity contribution in [1.29, 1.82) is 0 Å². The van der Waals surface area contributed by atoms with Gasteiger partial charge in [-0.05, 0) is 23.8 Å². The minimum Gasteiger partial charge on any atom is -0.368 e. The third kappa shape index (κ3) is 4.19. The molecule has 0 spiro atoms. The second-order valence-electron chi connectivity index (χ2n) is 6.87. The van der Waals surface area contributed by atoms with Crippen molar-refractivity contribution in [1.82, 2.24) is 9.97 Å². The number of nitrogens with zero attached hydrogens (tertiary/aromatic N) is 5. The molecule has 1 saturated heterocycles. The molecule has 1 aliphatic rings. The minimum absolute atomic E-state index is 0.766. The number of hydrogen-bond acceptors (Lipinski definition) is 5. The van der Waals surface area contributed by atoms with Crippen molar-refractivity contribution in [2.24, 2.45) is 0 Å². The molecule has 0 unspecified atom stereocenters. The molecule has 27 heavy (non-hydrogen) atoms. The average Bonchev–Trinajstić information content (AvgIpc) is 2.75. The van der Waals surface area contributed by atoms with E-state index >= 15 is 0 Å². The summed E-state index contributed by atoms with van der Waals surface area (Å²) in [4.78, 5) is 16.2. The first-order valence-electron chi connectivity index (χ1n) is 9.43. The SMILES string of the molecule is CN(Cc1ccccc1)c1nccc(N2CCN(c3ccccc3)CC2)n1. The predicted molar refractivity (Wildman–Crippen MR) is 111 cm³/mol. The van der Waals surface area contributed by atoms with Crippen molar-refractivity contribution in [3.63, 3.8) is 0 Å². The zero-order chi connectivity index (χ0) is 18.5. The molecule has 0 bridgehead atoms. The van der Waals surface area contributed by atoms with E-state index in [4.69, 9.17) is 4.98 Å². The molecule has 3 aromatic rings. The fourth-order valence-corrected chi connectivity index (χ4v) is 3.46. The summed E-state index contributed by atoms with van der Waals surface area (Å²) >= 11 is 0. The number of benzene rings is 2. The van der Waals surface area contributed by atoms with E-state index in [1.165, 1.54) is 11.3 Å². The molecule has 0 N–H and O–H groups in total. The summed E-state index contributed by atoms with van der Waals surface area (Å²) < 4.78 is 0. The van der Waals surface area contributed by atoms with Crippen LogP contribution in [0.25, 0.3) is 0 Å². The van der Waals surface area contributed by atoms with E-state index in [0.717, 1.165) is 44.5 Å². The lowest BCUT2D eigenvalue weighted by Crippen LogP contribution is -2.46. The number of para-hydroxylation sites is 1. The number of rotatable bonds is 5. The molecular formula is C22H25N5. The van der Waals surface area contributed by atoms with Crippen LogP contribution >= 0.6 is 0 Å². The molecule has 5 heteroatoms. The molecule has 5 nitrogen and oxygen atoms in total. The maximum absolute atomic E-state index is 4.81. The third-order valence-corrected chi connectivity index (χ3v) is 4.96. The van der Waals surface area contributed by atoms with Gasteiger partial charge in [0, 0.05) is 51.7 Å². The highest BCUT2D eigenvalue weighted by molar-refractivity contribution is 5.50. The first-order chi connectivity index (χ1) is 13.3. The number of aromatic nitrogens is 2. The summed E-state index contributed by atoms with van der Waals surface area (Å²) in [5, 5.41) is 0. The monoisotopic (exact) mass is 359 g/mol. The molecule has 1 aromatic heterocycles. The van der Waals surface area contributed by atoms with Gasteiger partial charge in [-0.25, -0.2) is 4.98 Å². The summed E-state index contributed by atoms with van der Waals surface area (Å²) in [6.07, 6.45) is 1.86. The normalized spacial score (nSPS) is 14.3. The fraction of sp³-hybridized carbons (Fsp3) is 0.273. The number of hydrogen-bond donors (Lipinski definition) is 0. The van der Waals surface area contributed by atoms with Gasteiger partial charge in [0.1, 0.15) is 5.82 Å². The van der Waals surface area contributed by atoms with Crippen LogP contribution in [-0.2, 0) is 6.54 Å². The van der Waals surface area contributed by atoms with Crippen molar-refractivity contribution in [3.8, 4) is 0 Å². The smallest absolute Gasteiger partial charge is 0.227 e. The van der Waals surface area contributed by atoms with Crippen molar-refractivity contribution < 1.29 is 0 Å². The standard InChI is InChI=1S/C22H25N5/c1-25(18-19-8-4-2-5-9-19)22-23-13-12-21(24-22)27-16-14-26(15-17-27)20-10-6-3-7-11-20/h2-13H,14-18H2,1H3. The molecule has 2 aromatic carbocycles. The van der Waals surface area contributed by atoms with Gasteiger partial charge in [0.2, 0.25) is 5.95 Å². The highest BCUT2D eigenvalue weighted by Crippen LogP contribution is 2.20. The van der Waals surface area contributed by atoms with Crippen LogP contribution in [0.5, 0.6) is 0 Å². The quantitative estimate of drug-likeness (QED) is 0.697. The van der Waals surface area contributed by atoms with Gasteiger partial charge in [0.15, 0.2) is 0 Å². The summed E-state index contributed by atoms with van der Waals surface area (Å²) in [5.41, 5.74) is 2.55. The molecular weight excluding hydrogens is 334 g/mol. The Hall–Kier alpha value is -3.08. The Morgan fingerprint density at radius 3 is 2.15 bits per heavy atom. The first-order valence-corrected chi connectivity index (χ1v) is 9.43. The van der Waals surface area contributed by atoms with Crippen LogP contribution in [0.2, 0.25) is 0 Å². The Balaban J connectivity index is 1.41. The van der Waals surface area contributed by atoms with Crippen molar-refractivity contribution in [3.05, 3.63) is 78.5 Å². The maximum atomic E-state index is 4.81. The zero-order valence-electron chi connectivity index (χ0n) is 15.7. The van der Waals surface area contributed by atoms with Gasteiger partial charge in [-0.2, -0.15) is 4.98 Å². The Morgan fingerprint density at radius 1 is 0.815 bits per heavy atom. The minimum atomic E-state index is 0.766. The van der Waals surface area contributed by atoms with Crippen LogP contribution in [0.3, 0.4) is 0 Å². The van der Waals surface area contributed by atoms with Gasteiger partial charge >= 0.3 is 0 Å². The van der Waals surface area contributed by atoms with Crippen LogP contribution in [-0.4, -0.2) is 43.2 Å². The van der Waals surface area contributed by atoms with E-state index in [9.17, 15) is 0 Å². The van der Waals surface area contributed by atoms with Crippen LogP contribution in [0.4, 0.5) is 17.5 Å². The third-order valence-electron chi connectivity index (χ3n) is 4.96. The maximum Gasteiger partial charge on any atom is 0.227 e.